The predicted octanol–water partition coefficient (Wildman–Crippen LogP) is 1.66. The van der Waals surface area contributed by atoms with Crippen LogP contribution in [0.15, 0.2) is 23.5 Å². The predicted molar refractivity (Wildman–Crippen MR) is 75.0 cm³/mol. The molecule has 1 aromatic carbocycles. The number of aromatic nitrogens is 2. The van der Waals surface area contributed by atoms with Crippen molar-refractivity contribution < 1.29 is 4.74 Å². The van der Waals surface area contributed by atoms with Gasteiger partial charge in [-0.15, -0.1) is 0 Å². The molecule has 1 aliphatic heterocycles. The number of aliphatic imine (C=N–C) groups is 1. The lowest BCUT2D eigenvalue weighted by atomic mass is 10.2. The van der Waals surface area contributed by atoms with E-state index in [4.69, 9.17) is 16.3 Å². The van der Waals surface area contributed by atoms with Crippen LogP contribution in [0.25, 0.3) is 10.9 Å². The summed E-state index contributed by atoms with van der Waals surface area (Å²) in [7, 11) is 1.57. The van der Waals surface area contributed by atoms with Crippen molar-refractivity contribution in [3.63, 3.8) is 0 Å². The van der Waals surface area contributed by atoms with E-state index >= 15 is 0 Å². The van der Waals surface area contributed by atoms with E-state index in [9.17, 15) is 0 Å². The zero-order chi connectivity index (χ0) is 13.2. The van der Waals surface area contributed by atoms with Gasteiger partial charge in [-0.05, 0) is 12.1 Å². The third kappa shape index (κ3) is 2.15. The molecule has 98 valence electrons. The summed E-state index contributed by atoms with van der Waals surface area (Å²) in [5.74, 6) is 1.23. The zero-order valence-electron chi connectivity index (χ0n) is 10.3. The van der Waals surface area contributed by atoms with E-state index in [0.717, 1.165) is 30.1 Å². The molecule has 0 fully saturated rings. The van der Waals surface area contributed by atoms with Gasteiger partial charge in [-0.1, -0.05) is 11.6 Å². The van der Waals surface area contributed by atoms with Crippen LogP contribution >= 0.6 is 11.6 Å². The first-order valence-electron chi connectivity index (χ1n) is 5.82. The van der Waals surface area contributed by atoms with Crippen molar-refractivity contribution in [3.8, 4) is 5.88 Å². The van der Waals surface area contributed by atoms with Gasteiger partial charge in [0.05, 0.1) is 35.3 Å². The molecule has 0 radical (unpaired) electrons. The van der Waals surface area contributed by atoms with Crippen molar-refractivity contribution in [2.75, 3.05) is 25.5 Å². The lowest BCUT2D eigenvalue weighted by Crippen LogP contribution is -2.26. The van der Waals surface area contributed by atoms with Crippen LogP contribution in [-0.4, -0.2) is 36.1 Å². The van der Waals surface area contributed by atoms with Crippen LogP contribution in [0.5, 0.6) is 5.88 Å². The normalized spacial score (nSPS) is 14.1. The van der Waals surface area contributed by atoms with Gasteiger partial charge in [0.25, 0.3) is 0 Å². The maximum atomic E-state index is 6.36. The third-order valence-corrected chi connectivity index (χ3v) is 3.21. The summed E-state index contributed by atoms with van der Waals surface area (Å²) >= 11 is 6.36. The maximum absolute atomic E-state index is 6.36. The standard InChI is InChI=1S/C12H12ClN5O/c1-19-11-7-2-3-8(18-12-14-4-5-15-12)9(13)10(7)16-6-17-11/h2-3,6H,4-5H2,1H3,(H2,14,15,18). The fourth-order valence-electron chi connectivity index (χ4n) is 1.94. The Hall–Kier alpha value is -2.08. The van der Waals surface area contributed by atoms with Gasteiger partial charge >= 0.3 is 0 Å². The number of halogens is 1. The Morgan fingerprint density at radius 2 is 2.26 bits per heavy atom. The second kappa shape index (κ2) is 4.89. The Labute approximate surface area is 114 Å². The molecule has 0 unspecified atom stereocenters. The minimum atomic E-state index is 0.509. The van der Waals surface area contributed by atoms with Crippen LogP contribution in [0, 0.1) is 0 Å². The molecule has 0 saturated carbocycles. The highest BCUT2D eigenvalue weighted by Crippen LogP contribution is 2.32. The SMILES string of the molecule is COc1ncnc2c(Cl)c(NC3=NCCN3)ccc12. The Morgan fingerprint density at radius 1 is 1.37 bits per heavy atom. The molecule has 3 rings (SSSR count). The highest BCUT2D eigenvalue weighted by molar-refractivity contribution is 6.38. The summed E-state index contributed by atoms with van der Waals surface area (Å²) in [6.07, 6.45) is 1.43. The first-order valence-corrected chi connectivity index (χ1v) is 6.20. The molecule has 2 aromatic rings. The number of hydrogen-bond donors (Lipinski definition) is 2. The number of fused-ring (bicyclic) bond motifs is 1. The second-order valence-corrected chi connectivity index (χ2v) is 4.37. The highest BCUT2D eigenvalue weighted by Gasteiger charge is 2.13. The molecule has 2 N–H and O–H groups in total. The van der Waals surface area contributed by atoms with Gasteiger partial charge in [0, 0.05) is 6.54 Å². The number of methoxy groups -OCH3 is 1. The third-order valence-electron chi connectivity index (χ3n) is 2.83. The highest BCUT2D eigenvalue weighted by atomic mass is 35.5. The van der Waals surface area contributed by atoms with E-state index in [2.05, 4.69) is 25.6 Å². The molecule has 0 atom stereocenters. The summed E-state index contributed by atoms with van der Waals surface area (Å²) in [5.41, 5.74) is 1.40. The van der Waals surface area contributed by atoms with E-state index in [1.165, 1.54) is 6.33 Å². The van der Waals surface area contributed by atoms with E-state index in [1.54, 1.807) is 7.11 Å². The summed E-state index contributed by atoms with van der Waals surface area (Å²) in [5, 5.41) is 7.57. The molecule has 0 bridgehead atoms. The molecule has 7 heteroatoms. The van der Waals surface area contributed by atoms with Crippen molar-refractivity contribution >= 4 is 34.2 Å². The average Bonchev–Trinajstić information content (AvgIpc) is 2.94. The maximum Gasteiger partial charge on any atom is 0.224 e. The Kier molecular flexibility index (Phi) is 3.08. The molecule has 2 heterocycles. The Balaban J connectivity index is 2.05. The number of benzene rings is 1. The van der Waals surface area contributed by atoms with Gasteiger partial charge in [-0.3, -0.25) is 4.99 Å². The molecular formula is C12H12ClN5O. The van der Waals surface area contributed by atoms with Crippen LogP contribution in [0.2, 0.25) is 5.02 Å². The van der Waals surface area contributed by atoms with Crippen molar-refractivity contribution in [1.82, 2.24) is 15.3 Å². The fourth-order valence-corrected chi connectivity index (χ4v) is 2.20. The van der Waals surface area contributed by atoms with Crippen molar-refractivity contribution in [3.05, 3.63) is 23.5 Å². The van der Waals surface area contributed by atoms with Crippen LogP contribution in [0.1, 0.15) is 0 Å². The molecule has 1 aliphatic rings. The van der Waals surface area contributed by atoms with E-state index in [0.29, 0.717) is 16.4 Å². The largest absolute Gasteiger partial charge is 0.480 e. The molecule has 19 heavy (non-hydrogen) atoms. The number of guanidine groups is 1. The summed E-state index contributed by atoms with van der Waals surface area (Å²) in [6.45, 7) is 1.60. The van der Waals surface area contributed by atoms with E-state index < -0.39 is 0 Å². The monoisotopic (exact) mass is 277 g/mol. The summed E-state index contributed by atoms with van der Waals surface area (Å²) < 4.78 is 5.19. The minimum absolute atomic E-state index is 0.509. The Morgan fingerprint density at radius 3 is 3.00 bits per heavy atom. The average molecular weight is 278 g/mol. The van der Waals surface area contributed by atoms with E-state index in [-0.39, 0.29) is 0 Å². The number of rotatable bonds is 2. The second-order valence-electron chi connectivity index (χ2n) is 3.99. The molecule has 6 nitrogen and oxygen atoms in total. The molecule has 0 saturated heterocycles. The van der Waals surface area contributed by atoms with Gasteiger partial charge in [0.15, 0.2) is 5.96 Å². The topological polar surface area (TPSA) is 71.4 Å². The van der Waals surface area contributed by atoms with Crippen molar-refractivity contribution in [1.29, 1.82) is 0 Å². The van der Waals surface area contributed by atoms with Crippen molar-refractivity contribution in [2.45, 2.75) is 0 Å². The van der Waals surface area contributed by atoms with E-state index in [1.807, 2.05) is 12.1 Å². The smallest absolute Gasteiger partial charge is 0.224 e. The summed E-state index contributed by atoms with van der Waals surface area (Å²) in [6, 6.07) is 3.73. The van der Waals surface area contributed by atoms with Gasteiger partial charge in [-0.2, -0.15) is 0 Å². The van der Waals surface area contributed by atoms with Crippen molar-refractivity contribution in [2.24, 2.45) is 4.99 Å². The molecule has 0 amide bonds. The fraction of sp³-hybridized carbons (Fsp3) is 0.250. The molecule has 0 spiro atoms. The number of ether oxygens (including phenoxy) is 1. The molecular weight excluding hydrogens is 266 g/mol. The number of hydrogen-bond acceptors (Lipinski definition) is 6. The van der Waals surface area contributed by atoms with Crippen LogP contribution in [0.3, 0.4) is 0 Å². The Bertz CT molecular complexity index is 658. The summed E-state index contributed by atoms with van der Waals surface area (Å²) in [4.78, 5) is 12.5. The van der Waals surface area contributed by atoms with Gasteiger partial charge < -0.3 is 15.4 Å². The van der Waals surface area contributed by atoms with Crippen LogP contribution in [0.4, 0.5) is 5.69 Å². The zero-order valence-corrected chi connectivity index (χ0v) is 11.0. The molecule has 0 aliphatic carbocycles. The molecule has 1 aromatic heterocycles. The number of nitrogens with zero attached hydrogens (tertiary/aromatic N) is 3. The number of anilines is 1. The van der Waals surface area contributed by atoms with Gasteiger partial charge in [0.1, 0.15) is 6.33 Å². The first-order chi connectivity index (χ1) is 9.29. The quantitative estimate of drug-likeness (QED) is 0.874. The lowest BCUT2D eigenvalue weighted by Gasteiger charge is -2.11. The minimum Gasteiger partial charge on any atom is -0.480 e. The number of nitrogens with one attached hydrogen (secondary N) is 2. The lowest BCUT2D eigenvalue weighted by molar-refractivity contribution is 0.402. The van der Waals surface area contributed by atoms with Gasteiger partial charge in [0.2, 0.25) is 5.88 Å². The van der Waals surface area contributed by atoms with Crippen LogP contribution in [-0.2, 0) is 0 Å². The first kappa shape index (κ1) is 12.0. The van der Waals surface area contributed by atoms with Crippen LogP contribution < -0.4 is 15.4 Å². The van der Waals surface area contributed by atoms with Gasteiger partial charge in [-0.25, -0.2) is 9.97 Å².